The summed E-state index contributed by atoms with van der Waals surface area (Å²) in [6.07, 6.45) is 0. The minimum Gasteiger partial charge on any atom is -0.455 e. The van der Waals surface area contributed by atoms with Crippen molar-refractivity contribution in [3.63, 3.8) is 0 Å². The highest BCUT2D eigenvalue weighted by Crippen LogP contribution is 2.46. The predicted molar refractivity (Wildman–Crippen MR) is 280 cm³/mol. The van der Waals surface area contributed by atoms with E-state index in [1.807, 2.05) is 0 Å². The average Bonchev–Trinajstić information content (AvgIpc) is 3.98. The molecule has 13 aromatic rings. The van der Waals surface area contributed by atoms with Crippen molar-refractivity contribution in [2.45, 2.75) is 6.92 Å². The minimum absolute atomic E-state index is 0.554. The van der Waals surface area contributed by atoms with Crippen LogP contribution in [-0.2, 0) is 0 Å². The molecular weight excluding hydrogens is 835 g/mol. The number of benzene rings is 10. The van der Waals surface area contributed by atoms with E-state index in [2.05, 4.69) is 225 Å². The van der Waals surface area contributed by atoms with Crippen LogP contribution in [0.15, 0.2) is 223 Å². The first-order chi connectivity index (χ1) is 33.1. The minimum atomic E-state index is 0.554. The quantitative estimate of drug-likeness (QED) is 0.160. The van der Waals surface area contributed by atoms with Gasteiger partial charge in [0.15, 0.2) is 17.5 Å². The lowest BCUT2D eigenvalue weighted by Crippen LogP contribution is -2.01. The number of rotatable bonds is 7. The Kier molecular flexibility index (Phi) is 9.22. The molecule has 0 N–H and O–H groups in total. The van der Waals surface area contributed by atoms with E-state index in [-0.39, 0.29) is 0 Å². The molecule has 0 amide bonds. The molecule has 5 heteroatoms. The van der Waals surface area contributed by atoms with Crippen molar-refractivity contribution in [3.05, 3.63) is 224 Å². The summed E-state index contributed by atoms with van der Waals surface area (Å²) in [7, 11) is 0. The van der Waals surface area contributed by atoms with Gasteiger partial charge >= 0.3 is 0 Å². The number of furan rings is 1. The Balaban J connectivity index is 1.02. The van der Waals surface area contributed by atoms with E-state index in [1.54, 1.807) is 11.3 Å². The van der Waals surface area contributed by atoms with E-state index >= 15 is 0 Å². The highest BCUT2D eigenvalue weighted by Gasteiger charge is 2.23. The molecule has 0 spiro atoms. The number of hydrogen-bond donors (Lipinski definition) is 0. The number of nitrogens with zero attached hydrogens (tertiary/aromatic N) is 3. The summed E-state index contributed by atoms with van der Waals surface area (Å²) in [6, 6.07) is 77.3. The Morgan fingerprint density at radius 2 is 0.940 bits per heavy atom. The molecule has 4 nitrogen and oxygen atoms in total. The second-order valence-corrected chi connectivity index (χ2v) is 18.2. The van der Waals surface area contributed by atoms with Gasteiger partial charge in [-0.25, -0.2) is 15.0 Å². The summed E-state index contributed by atoms with van der Waals surface area (Å²) in [5.74, 6) is 1.77. The van der Waals surface area contributed by atoms with Gasteiger partial charge < -0.3 is 4.42 Å². The molecule has 0 bridgehead atoms. The fourth-order valence-electron chi connectivity index (χ4n) is 9.97. The molecule has 3 aromatic heterocycles. The number of para-hydroxylation sites is 1. The molecule has 0 atom stereocenters. The van der Waals surface area contributed by atoms with Gasteiger partial charge in [0, 0.05) is 42.1 Å². The summed E-state index contributed by atoms with van der Waals surface area (Å²) in [5.41, 5.74) is 14.8. The van der Waals surface area contributed by atoms with Gasteiger partial charge in [0.1, 0.15) is 11.2 Å². The molecule has 13 rings (SSSR count). The third kappa shape index (κ3) is 6.62. The van der Waals surface area contributed by atoms with E-state index < -0.39 is 0 Å². The largest absolute Gasteiger partial charge is 0.455 e. The van der Waals surface area contributed by atoms with Gasteiger partial charge in [0.05, 0.1) is 5.56 Å². The van der Waals surface area contributed by atoms with Gasteiger partial charge in [-0.05, 0) is 110 Å². The topological polar surface area (TPSA) is 51.8 Å². The molecule has 0 aliphatic heterocycles. The van der Waals surface area contributed by atoms with Crippen LogP contribution in [0.1, 0.15) is 5.56 Å². The third-order valence-electron chi connectivity index (χ3n) is 13.1. The zero-order valence-electron chi connectivity index (χ0n) is 36.4. The van der Waals surface area contributed by atoms with Crippen LogP contribution in [0.25, 0.3) is 132 Å². The first-order valence-corrected chi connectivity index (χ1v) is 23.4. The highest BCUT2D eigenvalue weighted by atomic mass is 32.1. The van der Waals surface area contributed by atoms with Crippen LogP contribution in [-0.4, -0.2) is 15.0 Å². The fraction of sp³-hybridized carbons (Fsp3) is 0.0161. The van der Waals surface area contributed by atoms with Crippen molar-refractivity contribution in [3.8, 4) is 78.7 Å². The second-order valence-electron chi connectivity index (χ2n) is 17.1. The van der Waals surface area contributed by atoms with Crippen LogP contribution in [0.4, 0.5) is 0 Å². The molecule has 0 unspecified atom stereocenters. The van der Waals surface area contributed by atoms with Gasteiger partial charge in [-0.15, -0.1) is 11.3 Å². The molecule has 67 heavy (non-hydrogen) atoms. The van der Waals surface area contributed by atoms with Crippen molar-refractivity contribution >= 4 is 64.2 Å². The smallest absolute Gasteiger partial charge is 0.167 e. The van der Waals surface area contributed by atoms with Crippen molar-refractivity contribution in [1.29, 1.82) is 0 Å². The number of aromatic nitrogens is 3. The van der Waals surface area contributed by atoms with Gasteiger partial charge in [-0.2, -0.15) is 0 Å². The number of aryl methyl sites for hydroxylation is 1. The Morgan fingerprint density at radius 3 is 1.79 bits per heavy atom. The standard InChI is InChI=1S/C62H39N3OS/c1-38-35-44(37-42-21-8-9-24-45(38)42)60-63-61(52-31-13-29-50-56-49(28-15-33-54(56)66-58(50)52)48-26-11-10-25-46(48)40-19-6-3-7-20-40)65-62(64-60)53-32-14-30-51-57-47(27-16-34-55(57)67-59(51)53)43-23-12-22-41(36-43)39-17-4-2-5-18-39/h2-37H,1H3. The van der Waals surface area contributed by atoms with Crippen LogP contribution in [0.3, 0.4) is 0 Å². The maximum Gasteiger partial charge on any atom is 0.167 e. The van der Waals surface area contributed by atoms with Gasteiger partial charge in [-0.3, -0.25) is 0 Å². The maximum absolute atomic E-state index is 6.92. The van der Waals surface area contributed by atoms with Crippen molar-refractivity contribution in [2.75, 3.05) is 0 Å². The lowest BCUT2D eigenvalue weighted by molar-refractivity contribution is 0.669. The molecule has 0 saturated heterocycles. The molecule has 10 aromatic carbocycles. The molecule has 0 saturated carbocycles. The van der Waals surface area contributed by atoms with Gasteiger partial charge in [0.2, 0.25) is 0 Å². The molecule has 314 valence electrons. The third-order valence-corrected chi connectivity index (χ3v) is 14.3. The summed E-state index contributed by atoms with van der Waals surface area (Å²) in [5, 5.41) is 6.81. The molecule has 0 fully saturated rings. The highest BCUT2D eigenvalue weighted by molar-refractivity contribution is 7.26. The molecule has 3 heterocycles. The van der Waals surface area contributed by atoms with Crippen LogP contribution in [0, 0.1) is 6.92 Å². The van der Waals surface area contributed by atoms with E-state index in [1.165, 1.54) is 54.2 Å². The summed E-state index contributed by atoms with van der Waals surface area (Å²) in [4.78, 5) is 16.1. The van der Waals surface area contributed by atoms with E-state index in [0.29, 0.717) is 17.5 Å². The van der Waals surface area contributed by atoms with E-state index in [4.69, 9.17) is 19.4 Å². The number of hydrogen-bond acceptors (Lipinski definition) is 5. The first-order valence-electron chi connectivity index (χ1n) is 22.6. The Hall–Kier alpha value is -8.51. The van der Waals surface area contributed by atoms with E-state index in [0.717, 1.165) is 65.4 Å². The summed E-state index contributed by atoms with van der Waals surface area (Å²) in [6.45, 7) is 2.16. The van der Waals surface area contributed by atoms with Crippen LogP contribution in [0.5, 0.6) is 0 Å². The Labute approximate surface area is 391 Å². The van der Waals surface area contributed by atoms with Gasteiger partial charge in [-0.1, -0.05) is 176 Å². The molecule has 0 aliphatic rings. The van der Waals surface area contributed by atoms with E-state index in [9.17, 15) is 0 Å². The second kappa shape index (κ2) is 15.9. The zero-order valence-corrected chi connectivity index (χ0v) is 37.3. The van der Waals surface area contributed by atoms with Crippen molar-refractivity contribution < 1.29 is 4.42 Å². The maximum atomic E-state index is 6.92. The molecule has 0 aliphatic carbocycles. The number of thiophene rings is 1. The number of fused-ring (bicyclic) bond motifs is 7. The predicted octanol–water partition coefficient (Wildman–Crippen LogP) is 17.3. The van der Waals surface area contributed by atoms with Crippen LogP contribution < -0.4 is 0 Å². The lowest BCUT2D eigenvalue weighted by atomic mass is 9.92. The van der Waals surface area contributed by atoms with Crippen LogP contribution >= 0.6 is 11.3 Å². The first kappa shape index (κ1) is 38.9. The van der Waals surface area contributed by atoms with Gasteiger partial charge in [0.25, 0.3) is 0 Å². The SMILES string of the molecule is Cc1cc(-c2nc(-c3cccc4c3oc3cccc(-c5ccccc5-c5ccccc5)c34)nc(-c3cccc4c3sc3cccc(-c5cccc(-c6ccccc6)c5)c34)n2)cc2ccccc12. The van der Waals surface area contributed by atoms with Crippen molar-refractivity contribution in [1.82, 2.24) is 15.0 Å². The Bertz CT molecular complexity index is 4060. The molecular formula is C62H39N3OS. The van der Waals surface area contributed by atoms with Crippen molar-refractivity contribution in [2.24, 2.45) is 0 Å². The summed E-state index contributed by atoms with van der Waals surface area (Å²) >= 11 is 1.79. The lowest BCUT2D eigenvalue weighted by Gasteiger charge is -2.12. The normalized spacial score (nSPS) is 11.7. The fourth-order valence-corrected chi connectivity index (χ4v) is 11.2. The monoisotopic (exact) mass is 873 g/mol. The Morgan fingerprint density at radius 1 is 0.358 bits per heavy atom. The molecule has 0 radical (unpaired) electrons. The average molecular weight is 874 g/mol. The summed E-state index contributed by atoms with van der Waals surface area (Å²) < 4.78 is 9.26. The zero-order chi connectivity index (χ0) is 44.4. The van der Waals surface area contributed by atoms with Crippen LogP contribution in [0.2, 0.25) is 0 Å².